The van der Waals surface area contributed by atoms with E-state index in [-0.39, 0.29) is 22.4 Å². The van der Waals surface area contributed by atoms with Crippen molar-refractivity contribution >= 4 is 17.5 Å². The fourth-order valence-corrected chi connectivity index (χ4v) is 2.69. The van der Waals surface area contributed by atoms with Crippen molar-refractivity contribution in [3.05, 3.63) is 46.9 Å². The van der Waals surface area contributed by atoms with E-state index >= 15 is 0 Å². The molecule has 1 fully saturated rings. The molecule has 0 aliphatic carbocycles. The number of amides is 1. The molecule has 1 amide bonds. The summed E-state index contributed by atoms with van der Waals surface area (Å²) < 4.78 is 44.7. The van der Waals surface area contributed by atoms with Crippen LogP contribution in [-0.2, 0) is 10.9 Å². The predicted molar refractivity (Wildman–Crippen MR) is 80.3 cm³/mol. The Labute approximate surface area is 140 Å². The largest absolute Gasteiger partial charge is 0.417 e. The van der Waals surface area contributed by atoms with Gasteiger partial charge in [0.2, 0.25) is 0 Å². The van der Waals surface area contributed by atoms with E-state index in [1.165, 1.54) is 10.8 Å². The topological polar surface area (TPSA) is 47.4 Å². The highest BCUT2D eigenvalue weighted by molar-refractivity contribution is 6.32. The number of carbonyl (C=O) groups excluding carboxylic acids is 1. The van der Waals surface area contributed by atoms with Crippen molar-refractivity contribution in [3.8, 4) is 5.82 Å². The minimum Gasteiger partial charge on any atom is -0.378 e. The van der Waals surface area contributed by atoms with E-state index in [0.29, 0.717) is 32.5 Å². The maximum Gasteiger partial charge on any atom is 0.417 e. The van der Waals surface area contributed by atoms with Gasteiger partial charge in [0, 0.05) is 25.5 Å². The molecule has 0 atom stereocenters. The number of aromatic nitrogens is 2. The lowest BCUT2D eigenvalue weighted by molar-refractivity contribution is -0.137. The fraction of sp³-hybridized carbons (Fsp3) is 0.333. The molecule has 5 nitrogen and oxygen atoms in total. The Kier molecular flexibility index (Phi) is 4.51. The van der Waals surface area contributed by atoms with Crippen LogP contribution in [0.15, 0.2) is 30.6 Å². The number of hydrogen-bond donors (Lipinski definition) is 0. The number of ether oxygens (including phenoxy) is 1. The Hall–Kier alpha value is -2.06. The molecule has 1 saturated heterocycles. The number of alkyl halides is 3. The van der Waals surface area contributed by atoms with Gasteiger partial charge in [0.05, 0.1) is 23.8 Å². The molecule has 0 spiro atoms. The predicted octanol–water partition coefficient (Wildman–Crippen LogP) is 3.02. The van der Waals surface area contributed by atoms with Crippen LogP contribution in [0.2, 0.25) is 5.02 Å². The molecule has 2 aromatic rings. The van der Waals surface area contributed by atoms with Crippen LogP contribution in [-0.4, -0.2) is 46.7 Å². The zero-order chi connectivity index (χ0) is 17.3. The van der Waals surface area contributed by atoms with Crippen LogP contribution in [0.3, 0.4) is 0 Å². The minimum atomic E-state index is -4.53. The summed E-state index contributed by atoms with van der Waals surface area (Å²) in [4.78, 5) is 18.0. The quantitative estimate of drug-likeness (QED) is 0.828. The molecule has 1 aliphatic rings. The Morgan fingerprint density at radius 2 is 2.00 bits per heavy atom. The van der Waals surface area contributed by atoms with Crippen molar-refractivity contribution in [2.24, 2.45) is 0 Å². The molecule has 0 unspecified atom stereocenters. The summed E-state index contributed by atoms with van der Waals surface area (Å²) in [5.41, 5.74) is -0.657. The molecule has 3 rings (SSSR count). The molecule has 0 N–H and O–H groups in total. The van der Waals surface area contributed by atoms with Gasteiger partial charge in [-0.2, -0.15) is 13.2 Å². The van der Waals surface area contributed by atoms with Gasteiger partial charge >= 0.3 is 6.18 Å². The maximum absolute atomic E-state index is 12.7. The van der Waals surface area contributed by atoms with E-state index in [4.69, 9.17) is 16.3 Å². The average Bonchev–Trinajstić information content (AvgIpc) is 3.03. The second-order valence-corrected chi connectivity index (χ2v) is 5.60. The normalized spacial score (nSPS) is 15.6. The van der Waals surface area contributed by atoms with Crippen molar-refractivity contribution in [2.75, 3.05) is 26.3 Å². The Bertz CT molecular complexity index is 755. The van der Waals surface area contributed by atoms with Crippen molar-refractivity contribution in [2.45, 2.75) is 6.18 Å². The lowest BCUT2D eigenvalue weighted by atomic mass is 10.2. The molecule has 2 aromatic heterocycles. The summed E-state index contributed by atoms with van der Waals surface area (Å²) >= 11 is 5.96. The zero-order valence-corrected chi connectivity index (χ0v) is 13.1. The van der Waals surface area contributed by atoms with Crippen LogP contribution < -0.4 is 0 Å². The fourth-order valence-electron chi connectivity index (χ4n) is 2.43. The summed E-state index contributed by atoms with van der Waals surface area (Å²) in [6.07, 6.45) is -2.29. The lowest BCUT2D eigenvalue weighted by Gasteiger charge is -2.27. The van der Waals surface area contributed by atoms with E-state index in [1.807, 2.05) is 0 Å². The number of carbonyl (C=O) groups is 1. The third kappa shape index (κ3) is 3.25. The Morgan fingerprint density at radius 3 is 2.62 bits per heavy atom. The van der Waals surface area contributed by atoms with E-state index < -0.39 is 11.7 Å². The third-order valence-corrected chi connectivity index (χ3v) is 3.92. The van der Waals surface area contributed by atoms with Crippen molar-refractivity contribution in [1.29, 1.82) is 0 Å². The Morgan fingerprint density at radius 1 is 1.29 bits per heavy atom. The van der Waals surface area contributed by atoms with Crippen LogP contribution >= 0.6 is 11.6 Å². The highest BCUT2D eigenvalue weighted by Gasteiger charge is 2.32. The molecule has 24 heavy (non-hydrogen) atoms. The van der Waals surface area contributed by atoms with E-state index in [0.717, 1.165) is 6.07 Å². The van der Waals surface area contributed by atoms with E-state index in [9.17, 15) is 18.0 Å². The van der Waals surface area contributed by atoms with Gasteiger partial charge in [-0.05, 0) is 18.2 Å². The number of halogens is 4. The van der Waals surface area contributed by atoms with Crippen LogP contribution in [0.25, 0.3) is 5.82 Å². The molecule has 3 heterocycles. The highest BCUT2D eigenvalue weighted by Crippen LogP contribution is 2.32. The number of morpholine rings is 1. The highest BCUT2D eigenvalue weighted by atomic mass is 35.5. The second-order valence-electron chi connectivity index (χ2n) is 5.20. The standard InChI is InChI=1S/C15H13ClF3N3O2/c16-11-8-10(15(17,18)19)9-20-13(11)22-3-1-2-12(22)14(23)21-4-6-24-7-5-21/h1-3,8-9H,4-7H2. The van der Waals surface area contributed by atoms with Gasteiger partial charge in [0.15, 0.2) is 5.82 Å². The molecule has 0 radical (unpaired) electrons. The molecule has 128 valence electrons. The lowest BCUT2D eigenvalue weighted by Crippen LogP contribution is -2.41. The number of nitrogens with zero attached hydrogens (tertiary/aromatic N) is 3. The van der Waals surface area contributed by atoms with Gasteiger partial charge in [0.25, 0.3) is 5.91 Å². The first-order valence-corrected chi connectivity index (χ1v) is 7.53. The van der Waals surface area contributed by atoms with E-state index in [1.54, 1.807) is 17.0 Å². The van der Waals surface area contributed by atoms with Crippen LogP contribution in [0.4, 0.5) is 13.2 Å². The number of hydrogen-bond acceptors (Lipinski definition) is 3. The van der Waals surface area contributed by atoms with Gasteiger partial charge < -0.3 is 9.64 Å². The molecule has 1 aliphatic heterocycles. The first-order valence-electron chi connectivity index (χ1n) is 7.15. The van der Waals surface area contributed by atoms with Gasteiger partial charge in [-0.1, -0.05) is 11.6 Å². The van der Waals surface area contributed by atoms with Crippen molar-refractivity contribution in [3.63, 3.8) is 0 Å². The third-order valence-electron chi connectivity index (χ3n) is 3.64. The smallest absolute Gasteiger partial charge is 0.378 e. The summed E-state index contributed by atoms with van der Waals surface area (Å²) in [5.74, 6) is -0.174. The molecule has 0 bridgehead atoms. The monoisotopic (exact) mass is 359 g/mol. The molecular weight excluding hydrogens is 347 g/mol. The summed E-state index contributed by atoms with van der Waals surface area (Å²) in [6.45, 7) is 1.81. The van der Waals surface area contributed by atoms with Gasteiger partial charge in [0.1, 0.15) is 5.69 Å². The summed E-state index contributed by atoms with van der Waals surface area (Å²) in [7, 11) is 0. The summed E-state index contributed by atoms with van der Waals surface area (Å²) in [6, 6.07) is 3.99. The molecular formula is C15H13ClF3N3O2. The Balaban J connectivity index is 1.94. The zero-order valence-electron chi connectivity index (χ0n) is 12.4. The van der Waals surface area contributed by atoms with Gasteiger partial charge in [-0.15, -0.1) is 0 Å². The van der Waals surface area contributed by atoms with Gasteiger partial charge in [-0.3, -0.25) is 9.36 Å². The van der Waals surface area contributed by atoms with Crippen LogP contribution in [0.5, 0.6) is 0 Å². The first kappa shape index (κ1) is 16.8. The van der Waals surface area contributed by atoms with Gasteiger partial charge in [-0.25, -0.2) is 4.98 Å². The van der Waals surface area contributed by atoms with Crippen LogP contribution in [0.1, 0.15) is 16.1 Å². The number of rotatable bonds is 2. The minimum absolute atomic E-state index is 0.0753. The number of pyridine rings is 1. The molecule has 0 aromatic carbocycles. The first-order chi connectivity index (χ1) is 11.4. The molecule has 0 saturated carbocycles. The second kappa shape index (κ2) is 6.45. The molecule has 9 heteroatoms. The van der Waals surface area contributed by atoms with Crippen molar-refractivity contribution in [1.82, 2.24) is 14.5 Å². The summed E-state index contributed by atoms with van der Waals surface area (Å²) in [5, 5.41) is -0.183. The SMILES string of the molecule is O=C(c1cccn1-c1ncc(C(F)(F)F)cc1Cl)N1CCOCC1. The van der Waals surface area contributed by atoms with Crippen LogP contribution in [0, 0.1) is 0 Å². The van der Waals surface area contributed by atoms with Crippen molar-refractivity contribution < 1.29 is 22.7 Å². The average molecular weight is 360 g/mol. The maximum atomic E-state index is 12.7. The van der Waals surface area contributed by atoms with E-state index in [2.05, 4.69) is 4.98 Å².